The molecule has 1 aliphatic rings. The molecule has 2 heterocycles. The topological polar surface area (TPSA) is 87.6 Å². The van der Waals surface area contributed by atoms with Gasteiger partial charge in [0, 0.05) is 36.3 Å². The third-order valence-electron chi connectivity index (χ3n) is 8.14. The van der Waals surface area contributed by atoms with Crippen LogP contribution in [0, 0.1) is 5.92 Å². The molecule has 0 aliphatic carbocycles. The number of pyridine rings is 1. The highest BCUT2D eigenvalue weighted by atomic mass is 32.2. The Balaban J connectivity index is 1.51. The van der Waals surface area contributed by atoms with Gasteiger partial charge >= 0.3 is 12.1 Å². The molecular weight excluding hydrogens is 577 g/mol. The minimum Gasteiger partial charge on any atom is -0.481 e. The molecule has 0 spiro atoms. The number of alkyl halides is 3. The Hall–Kier alpha value is -3.76. The van der Waals surface area contributed by atoms with Gasteiger partial charge < -0.3 is 5.11 Å². The number of carboxylic acids is 1. The Morgan fingerprint density at radius 2 is 1.84 bits per heavy atom. The van der Waals surface area contributed by atoms with E-state index in [1.807, 2.05) is 31.2 Å². The first-order valence-corrected chi connectivity index (χ1v) is 15.8. The lowest BCUT2D eigenvalue weighted by Crippen LogP contribution is -2.39. The summed E-state index contributed by atoms with van der Waals surface area (Å²) in [5, 5.41) is 11.1. The van der Waals surface area contributed by atoms with E-state index in [2.05, 4.69) is 4.98 Å². The zero-order valence-electron chi connectivity index (χ0n) is 23.7. The number of aliphatic carboxylic acids is 1. The second-order valence-corrected chi connectivity index (χ2v) is 13.0. The predicted octanol–water partition coefficient (Wildman–Crippen LogP) is 7.53. The number of carbonyl (C=O) groups is 1. The van der Waals surface area contributed by atoms with Crippen LogP contribution in [0.1, 0.15) is 55.2 Å². The van der Waals surface area contributed by atoms with Crippen molar-refractivity contribution in [2.75, 3.05) is 13.1 Å². The number of fused-ring (bicyclic) bond motifs is 1. The van der Waals surface area contributed by atoms with Gasteiger partial charge in [0.05, 0.1) is 16.4 Å². The van der Waals surface area contributed by atoms with Gasteiger partial charge in [0.1, 0.15) is 0 Å². The molecule has 5 rings (SSSR count). The highest BCUT2D eigenvalue weighted by Crippen LogP contribution is 2.36. The van der Waals surface area contributed by atoms with Gasteiger partial charge in [-0.1, -0.05) is 55.8 Å². The quantitative estimate of drug-likeness (QED) is 0.212. The summed E-state index contributed by atoms with van der Waals surface area (Å²) in [6.07, 6.45) is 1.54. The van der Waals surface area contributed by atoms with Gasteiger partial charge in [-0.2, -0.15) is 17.5 Å². The Bertz CT molecular complexity index is 1720. The number of carboxylic acid groups (broad SMARTS) is 1. The van der Waals surface area contributed by atoms with E-state index < -0.39 is 33.7 Å². The van der Waals surface area contributed by atoms with Crippen LogP contribution >= 0.6 is 0 Å². The SMILES string of the molecule is CCCC(Cc1cc(-c2ccc(C(F)(F)F)cc2)cc(C2CCCN(S(=O)(=O)c3cccc4cnccc34)C2)c1)C(=O)O. The molecule has 0 radical (unpaired) electrons. The van der Waals surface area contributed by atoms with E-state index in [0.29, 0.717) is 42.3 Å². The first-order chi connectivity index (χ1) is 20.5. The van der Waals surface area contributed by atoms with Gasteiger partial charge in [-0.3, -0.25) is 9.78 Å². The van der Waals surface area contributed by atoms with Crippen LogP contribution < -0.4 is 0 Å². The molecular formula is C33H33F3N2O4S. The van der Waals surface area contributed by atoms with E-state index in [-0.39, 0.29) is 23.8 Å². The fourth-order valence-electron chi connectivity index (χ4n) is 5.93. The lowest BCUT2D eigenvalue weighted by atomic mass is 9.86. The monoisotopic (exact) mass is 610 g/mol. The molecule has 43 heavy (non-hydrogen) atoms. The third-order valence-corrected chi connectivity index (χ3v) is 10.1. The number of benzene rings is 3. The number of aromatic nitrogens is 1. The summed E-state index contributed by atoms with van der Waals surface area (Å²) in [6.45, 7) is 2.52. The van der Waals surface area contributed by atoms with Crippen molar-refractivity contribution in [3.8, 4) is 11.1 Å². The number of hydrogen-bond donors (Lipinski definition) is 1. The van der Waals surface area contributed by atoms with Gasteiger partial charge in [0.25, 0.3) is 0 Å². The van der Waals surface area contributed by atoms with E-state index >= 15 is 0 Å². The molecule has 0 amide bonds. The molecule has 1 saturated heterocycles. The van der Waals surface area contributed by atoms with Crippen LogP contribution in [0.15, 0.2) is 84.0 Å². The Labute approximate surface area is 249 Å². The molecule has 4 aromatic rings. The van der Waals surface area contributed by atoms with E-state index in [1.165, 1.54) is 16.4 Å². The lowest BCUT2D eigenvalue weighted by molar-refractivity contribution is -0.142. The van der Waals surface area contributed by atoms with Gasteiger partial charge in [0.2, 0.25) is 10.0 Å². The summed E-state index contributed by atoms with van der Waals surface area (Å²) in [5.41, 5.74) is 2.09. The normalized spacial score (nSPS) is 17.2. The van der Waals surface area contributed by atoms with Crippen LogP contribution in [0.4, 0.5) is 13.2 Å². The average molecular weight is 611 g/mol. The van der Waals surface area contributed by atoms with Gasteiger partial charge in [0.15, 0.2) is 0 Å². The maximum absolute atomic E-state index is 13.9. The summed E-state index contributed by atoms with van der Waals surface area (Å²) < 4.78 is 68.9. The lowest BCUT2D eigenvalue weighted by Gasteiger charge is -2.33. The van der Waals surface area contributed by atoms with Crippen molar-refractivity contribution in [3.63, 3.8) is 0 Å². The van der Waals surface area contributed by atoms with Crippen molar-refractivity contribution in [2.45, 2.75) is 56.0 Å². The Kier molecular flexibility index (Phi) is 8.89. The summed E-state index contributed by atoms with van der Waals surface area (Å²) in [6, 6.07) is 17.4. The van der Waals surface area contributed by atoms with E-state index in [0.717, 1.165) is 35.1 Å². The van der Waals surface area contributed by atoms with Gasteiger partial charge in [-0.15, -0.1) is 0 Å². The number of rotatable bonds is 9. The molecule has 2 atom stereocenters. The summed E-state index contributed by atoms with van der Waals surface area (Å²) in [4.78, 5) is 16.3. The van der Waals surface area contributed by atoms with Crippen LogP contribution in [-0.2, 0) is 27.4 Å². The van der Waals surface area contributed by atoms with Crippen LogP contribution in [0.5, 0.6) is 0 Å². The molecule has 2 unspecified atom stereocenters. The molecule has 1 N–H and O–H groups in total. The number of sulfonamides is 1. The summed E-state index contributed by atoms with van der Waals surface area (Å²) in [5.74, 6) is -1.68. The smallest absolute Gasteiger partial charge is 0.416 e. The Morgan fingerprint density at radius 1 is 1.07 bits per heavy atom. The van der Waals surface area contributed by atoms with Gasteiger partial charge in [-0.25, -0.2) is 8.42 Å². The third kappa shape index (κ3) is 6.75. The minimum atomic E-state index is -4.46. The first kappa shape index (κ1) is 30.7. The average Bonchev–Trinajstić information content (AvgIpc) is 3.00. The number of piperidine rings is 1. The van der Waals surface area contributed by atoms with Crippen molar-refractivity contribution in [1.82, 2.24) is 9.29 Å². The number of hydrogen-bond acceptors (Lipinski definition) is 4. The molecule has 10 heteroatoms. The van der Waals surface area contributed by atoms with E-state index in [4.69, 9.17) is 0 Å². The summed E-state index contributed by atoms with van der Waals surface area (Å²) in [7, 11) is -3.84. The molecule has 1 aromatic heterocycles. The standard InChI is InChI=1S/C33H33F3N2O4S/c1-2-5-24(32(39)40)16-22-17-27(23-9-11-29(12-10-23)33(34,35)36)19-28(18-22)26-7-4-15-38(21-26)43(41,42)31-8-3-6-25-20-37-14-13-30(25)31/h3,6,8-14,17-20,24,26H,2,4-5,7,15-16,21H2,1H3,(H,39,40). The van der Waals surface area contributed by atoms with Crippen molar-refractivity contribution in [3.05, 3.63) is 95.8 Å². The maximum Gasteiger partial charge on any atom is 0.416 e. The molecule has 0 saturated carbocycles. The highest BCUT2D eigenvalue weighted by molar-refractivity contribution is 7.89. The minimum absolute atomic E-state index is 0.178. The number of halogens is 3. The molecule has 1 fully saturated rings. The molecule has 1 aliphatic heterocycles. The van der Waals surface area contributed by atoms with Crippen LogP contribution in [0.2, 0.25) is 0 Å². The zero-order chi connectivity index (χ0) is 30.8. The first-order valence-electron chi connectivity index (χ1n) is 14.3. The van der Waals surface area contributed by atoms with Crippen LogP contribution in [-0.4, -0.2) is 41.9 Å². The molecule has 6 nitrogen and oxygen atoms in total. The second-order valence-electron chi connectivity index (χ2n) is 11.1. The molecule has 0 bridgehead atoms. The highest BCUT2D eigenvalue weighted by Gasteiger charge is 2.33. The van der Waals surface area contributed by atoms with Gasteiger partial charge in [-0.05, 0) is 78.1 Å². The molecule has 3 aromatic carbocycles. The van der Waals surface area contributed by atoms with E-state index in [9.17, 15) is 31.5 Å². The molecule has 226 valence electrons. The van der Waals surface area contributed by atoms with E-state index in [1.54, 1.807) is 30.6 Å². The van der Waals surface area contributed by atoms with Crippen molar-refractivity contribution in [1.29, 1.82) is 0 Å². The summed E-state index contributed by atoms with van der Waals surface area (Å²) >= 11 is 0. The predicted molar refractivity (Wildman–Crippen MR) is 159 cm³/mol. The number of nitrogens with zero attached hydrogens (tertiary/aromatic N) is 2. The maximum atomic E-state index is 13.9. The van der Waals surface area contributed by atoms with Crippen molar-refractivity contribution in [2.24, 2.45) is 5.92 Å². The van der Waals surface area contributed by atoms with Crippen molar-refractivity contribution >= 4 is 26.8 Å². The fraction of sp³-hybridized carbons (Fsp3) is 0.333. The second kappa shape index (κ2) is 12.5. The Morgan fingerprint density at radius 3 is 2.53 bits per heavy atom. The van der Waals surface area contributed by atoms with Crippen molar-refractivity contribution < 1.29 is 31.5 Å². The van der Waals surface area contributed by atoms with Crippen LogP contribution in [0.25, 0.3) is 21.9 Å². The van der Waals surface area contributed by atoms with Crippen LogP contribution in [0.3, 0.4) is 0 Å². The fourth-order valence-corrected chi connectivity index (χ4v) is 7.66. The largest absolute Gasteiger partial charge is 0.481 e. The zero-order valence-corrected chi connectivity index (χ0v) is 24.5.